The van der Waals surface area contributed by atoms with Crippen LogP contribution in [-0.2, 0) is 13.0 Å². The highest BCUT2D eigenvalue weighted by Crippen LogP contribution is 2.05. The van der Waals surface area contributed by atoms with Gasteiger partial charge in [0.05, 0.1) is 24.7 Å². The molecule has 1 amide bonds. The van der Waals surface area contributed by atoms with Crippen molar-refractivity contribution in [2.75, 3.05) is 0 Å². The van der Waals surface area contributed by atoms with Crippen LogP contribution in [0, 0.1) is 11.3 Å². The number of nitrogens with one attached hydrogen (secondary N) is 1. The fourth-order valence-electron chi connectivity index (χ4n) is 1.64. The maximum Gasteiger partial charge on any atom is 0.251 e. The van der Waals surface area contributed by atoms with E-state index in [0.29, 0.717) is 18.5 Å². The molecule has 0 aliphatic rings. The molecule has 19 heavy (non-hydrogen) atoms. The molecular formula is C15H13N3O. The molecule has 0 unspecified atom stereocenters. The number of carbonyl (C=O) groups is 1. The minimum absolute atomic E-state index is 0.144. The standard InChI is InChI=1S/C15H13N3O/c16-9-8-12-4-6-13(7-5-12)15(19)18-11-14-3-1-2-10-17-14/h1-7,10H,8,11H2,(H,18,19). The quantitative estimate of drug-likeness (QED) is 0.904. The van der Waals surface area contributed by atoms with Crippen LogP contribution in [-0.4, -0.2) is 10.9 Å². The number of rotatable bonds is 4. The zero-order valence-corrected chi connectivity index (χ0v) is 10.3. The molecule has 0 atom stereocenters. The van der Waals surface area contributed by atoms with Gasteiger partial charge in [-0.2, -0.15) is 5.26 Å². The summed E-state index contributed by atoms with van der Waals surface area (Å²) in [6.07, 6.45) is 2.05. The fraction of sp³-hybridized carbons (Fsp3) is 0.133. The number of pyridine rings is 1. The molecule has 0 radical (unpaired) electrons. The highest BCUT2D eigenvalue weighted by Gasteiger charge is 2.05. The number of amides is 1. The zero-order valence-electron chi connectivity index (χ0n) is 10.3. The van der Waals surface area contributed by atoms with Crippen LogP contribution in [0.25, 0.3) is 0 Å². The minimum Gasteiger partial charge on any atom is -0.346 e. The van der Waals surface area contributed by atoms with E-state index in [0.717, 1.165) is 11.3 Å². The van der Waals surface area contributed by atoms with Gasteiger partial charge in [0, 0.05) is 11.8 Å². The summed E-state index contributed by atoms with van der Waals surface area (Å²) >= 11 is 0. The monoisotopic (exact) mass is 251 g/mol. The number of nitriles is 1. The third-order valence-corrected chi connectivity index (χ3v) is 2.66. The van der Waals surface area contributed by atoms with Crippen LogP contribution in [0.15, 0.2) is 48.7 Å². The van der Waals surface area contributed by atoms with Gasteiger partial charge in [-0.3, -0.25) is 9.78 Å². The van der Waals surface area contributed by atoms with Crippen molar-refractivity contribution < 1.29 is 4.79 Å². The Kier molecular flexibility index (Phi) is 4.25. The molecule has 0 aliphatic carbocycles. The number of hydrogen-bond acceptors (Lipinski definition) is 3. The molecule has 2 rings (SSSR count). The molecule has 0 bridgehead atoms. The molecule has 2 aromatic rings. The maximum absolute atomic E-state index is 11.9. The molecule has 0 spiro atoms. The Hall–Kier alpha value is -2.67. The van der Waals surface area contributed by atoms with E-state index in [1.807, 2.05) is 18.2 Å². The second-order valence-electron chi connectivity index (χ2n) is 4.04. The van der Waals surface area contributed by atoms with E-state index in [4.69, 9.17) is 5.26 Å². The molecule has 4 heteroatoms. The summed E-state index contributed by atoms with van der Waals surface area (Å²) in [5, 5.41) is 11.4. The second-order valence-corrected chi connectivity index (χ2v) is 4.04. The molecule has 0 saturated heterocycles. The molecule has 1 aromatic carbocycles. The first-order valence-electron chi connectivity index (χ1n) is 5.93. The van der Waals surface area contributed by atoms with Gasteiger partial charge in [-0.25, -0.2) is 0 Å². The summed E-state index contributed by atoms with van der Waals surface area (Å²) in [5.41, 5.74) is 2.30. The van der Waals surface area contributed by atoms with Crippen molar-refractivity contribution >= 4 is 5.91 Å². The molecule has 94 valence electrons. The van der Waals surface area contributed by atoms with Crippen LogP contribution >= 0.6 is 0 Å². The molecule has 0 aliphatic heterocycles. The Morgan fingerprint density at radius 2 is 2.00 bits per heavy atom. The topological polar surface area (TPSA) is 65.8 Å². The van der Waals surface area contributed by atoms with Crippen molar-refractivity contribution in [1.29, 1.82) is 5.26 Å². The van der Waals surface area contributed by atoms with E-state index in [1.165, 1.54) is 0 Å². The number of aromatic nitrogens is 1. The average Bonchev–Trinajstić information content (AvgIpc) is 2.47. The van der Waals surface area contributed by atoms with Crippen molar-refractivity contribution in [1.82, 2.24) is 10.3 Å². The summed E-state index contributed by atoms with van der Waals surface area (Å²) in [6, 6.07) is 14.7. The van der Waals surface area contributed by atoms with Crippen molar-refractivity contribution in [3.8, 4) is 6.07 Å². The van der Waals surface area contributed by atoms with Crippen molar-refractivity contribution in [3.05, 3.63) is 65.5 Å². The van der Waals surface area contributed by atoms with Crippen molar-refractivity contribution in [3.63, 3.8) is 0 Å². The Labute approximate surface area is 111 Å². The molecule has 0 saturated carbocycles. The normalized spacial score (nSPS) is 9.63. The smallest absolute Gasteiger partial charge is 0.251 e. The van der Waals surface area contributed by atoms with E-state index in [-0.39, 0.29) is 5.91 Å². The van der Waals surface area contributed by atoms with Crippen LogP contribution in [0.2, 0.25) is 0 Å². The van der Waals surface area contributed by atoms with E-state index >= 15 is 0 Å². The number of carbonyl (C=O) groups excluding carboxylic acids is 1. The summed E-state index contributed by atoms with van der Waals surface area (Å²) in [6.45, 7) is 0.402. The highest BCUT2D eigenvalue weighted by atomic mass is 16.1. The van der Waals surface area contributed by atoms with Gasteiger partial charge in [-0.1, -0.05) is 18.2 Å². The van der Waals surface area contributed by atoms with Gasteiger partial charge in [0.2, 0.25) is 0 Å². The van der Waals surface area contributed by atoms with E-state index in [2.05, 4.69) is 16.4 Å². The van der Waals surface area contributed by atoms with Gasteiger partial charge in [-0.15, -0.1) is 0 Å². The van der Waals surface area contributed by atoms with Crippen LogP contribution < -0.4 is 5.32 Å². The van der Waals surface area contributed by atoms with Crippen LogP contribution in [0.4, 0.5) is 0 Å². The Balaban J connectivity index is 1.95. The average molecular weight is 251 g/mol. The van der Waals surface area contributed by atoms with E-state index in [9.17, 15) is 4.79 Å². The first-order chi connectivity index (χ1) is 9.29. The lowest BCUT2D eigenvalue weighted by Crippen LogP contribution is -2.23. The van der Waals surface area contributed by atoms with E-state index in [1.54, 1.807) is 30.5 Å². The fourth-order valence-corrected chi connectivity index (χ4v) is 1.64. The minimum atomic E-state index is -0.144. The lowest BCUT2D eigenvalue weighted by molar-refractivity contribution is 0.0950. The van der Waals surface area contributed by atoms with Crippen molar-refractivity contribution in [2.24, 2.45) is 0 Å². The van der Waals surface area contributed by atoms with Gasteiger partial charge in [0.25, 0.3) is 5.91 Å². The Morgan fingerprint density at radius 1 is 1.21 bits per heavy atom. The van der Waals surface area contributed by atoms with E-state index < -0.39 is 0 Å². The van der Waals surface area contributed by atoms with Crippen molar-refractivity contribution in [2.45, 2.75) is 13.0 Å². The molecule has 1 heterocycles. The number of benzene rings is 1. The van der Waals surface area contributed by atoms with Gasteiger partial charge in [-0.05, 0) is 29.8 Å². The van der Waals surface area contributed by atoms with Crippen LogP contribution in [0.1, 0.15) is 21.6 Å². The zero-order chi connectivity index (χ0) is 13.5. The third kappa shape index (κ3) is 3.65. The number of nitrogens with zero attached hydrogens (tertiary/aromatic N) is 2. The lowest BCUT2D eigenvalue weighted by Gasteiger charge is -2.05. The van der Waals surface area contributed by atoms with Gasteiger partial charge in [0.15, 0.2) is 0 Å². The molecule has 4 nitrogen and oxygen atoms in total. The lowest BCUT2D eigenvalue weighted by atomic mass is 10.1. The summed E-state index contributed by atoms with van der Waals surface area (Å²) in [7, 11) is 0. The molecule has 1 N–H and O–H groups in total. The predicted octanol–water partition coefficient (Wildman–Crippen LogP) is 2.08. The van der Waals surface area contributed by atoms with Crippen LogP contribution in [0.5, 0.6) is 0 Å². The molecule has 0 fully saturated rings. The molecule has 1 aromatic heterocycles. The van der Waals surface area contributed by atoms with Gasteiger partial charge in [0.1, 0.15) is 0 Å². The summed E-state index contributed by atoms with van der Waals surface area (Å²) in [5.74, 6) is -0.144. The SMILES string of the molecule is N#CCc1ccc(C(=O)NCc2ccccn2)cc1. The Bertz CT molecular complexity index is 585. The summed E-state index contributed by atoms with van der Waals surface area (Å²) < 4.78 is 0. The number of hydrogen-bond donors (Lipinski definition) is 1. The highest BCUT2D eigenvalue weighted by molar-refractivity contribution is 5.94. The first-order valence-corrected chi connectivity index (χ1v) is 5.93. The predicted molar refractivity (Wildman–Crippen MR) is 71.2 cm³/mol. The largest absolute Gasteiger partial charge is 0.346 e. The Morgan fingerprint density at radius 3 is 2.63 bits per heavy atom. The van der Waals surface area contributed by atoms with Gasteiger partial charge < -0.3 is 5.32 Å². The first kappa shape index (κ1) is 12.8. The van der Waals surface area contributed by atoms with Gasteiger partial charge >= 0.3 is 0 Å². The maximum atomic E-state index is 11.9. The third-order valence-electron chi connectivity index (χ3n) is 2.66. The molecular weight excluding hydrogens is 238 g/mol. The summed E-state index contributed by atoms with van der Waals surface area (Å²) in [4.78, 5) is 16.0. The van der Waals surface area contributed by atoms with Crippen LogP contribution in [0.3, 0.4) is 0 Å². The second kappa shape index (κ2) is 6.31.